The zero-order valence-corrected chi connectivity index (χ0v) is 12.7. The molecule has 3 rings (SSSR count). The highest BCUT2D eigenvalue weighted by Crippen LogP contribution is 2.32. The molecule has 0 radical (unpaired) electrons. The van der Waals surface area contributed by atoms with Crippen LogP contribution in [0, 0.1) is 0 Å². The van der Waals surface area contributed by atoms with Crippen molar-refractivity contribution < 1.29 is 9.53 Å². The predicted molar refractivity (Wildman–Crippen MR) is 81.5 cm³/mol. The Morgan fingerprint density at radius 1 is 1.29 bits per heavy atom. The number of para-hydroxylation sites is 1. The van der Waals surface area contributed by atoms with E-state index in [1.807, 2.05) is 17.0 Å². The second-order valence-electron chi connectivity index (χ2n) is 6.01. The van der Waals surface area contributed by atoms with Crippen molar-refractivity contribution in [1.29, 1.82) is 0 Å². The fraction of sp³-hybridized carbons (Fsp3) is 0.562. The first-order valence-electron chi connectivity index (χ1n) is 7.59. The maximum atomic E-state index is 11.9. The quantitative estimate of drug-likeness (QED) is 0.904. The van der Waals surface area contributed by atoms with Crippen molar-refractivity contribution in [1.82, 2.24) is 15.1 Å². The molecule has 1 unspecified atom stereocenters. The van der Waals surface area contributed by atoms with E-state index in [4.69, 9.17) is 4.74 Å². The molecule has 1 aromatic rings. The maximum absolute atomic E-state index is 11.9. The van der Waals surface area contributed by atoms with Gasteiger partial charge in [-0.1, -0.05) is 18.2 Å². The molecule has 2 aliphatic rings. The summed E-state index contributed by atoms with van der Waals surface area (Å²) in [6.45, 7) is 2.35. The van der Waals surface area contributed by atoms with E-state index >= 15 is 0 Å². The van der Waals surface area contributed by atoms with E-state index in [0.29, 0.717) is 12.6 Å². The Labute approximate surface area is 125 Å². The molecule has 0 bridgehead atoms. The molecule has 0 saturated carbocycles. The first kappa shape index (κ1) is 14.2. The summed E-state index contributed by atoms with van der Waals surface area (Å²) in [7, 11) is 3.61. The van der Waals surface area contributed by atoms with Crippen LogP contribution in [0.25, 0.3) is 0 Å². The largest absolute Gasteiger partial charge is 0.491 e. The van der Waals surface area contributed by atoms with E-state index in [2.05, 4.69) is 17.4 Å². The van der Waals surface area contributed by atoms with Crippen molar-refractivity contribution >= 4 is 6.03 Å². The number of likely N-dealkylation sites (tertiary alicyclic amines) is 1. The molecule has 2 heterocycles. The SMILES string of the molecule is CN(C)C(=O)N1CCC(NC2COc3ccccc32)CC1. The third-order valence-corrected chi connectivity index (χ3v) is 4.28. The molecule has 1 atom stereocenters. The summed E-state index contributed by atoms with van der Waals surface area (Å²) in [4.78, 5) is 15.5. The number of amides is 2. The number of benzene rings is 1. The lowest BCUT2D eigenvalue weighted by molar-refractivity contribution is 0.149. The van der Waals surface area contributed by atoms with Crippen molar-refractivity contribution in [2.45, 2.75) is 24.9 Å². The number of carbonyl (C=O) groups excluding carboxylic acids is 1. The molecule has 114 valence electrons. The first-order chi connectivity index (χ1) is 10.1. The topological polar surface area (TPSA) is 44.8 Å². The van der Waals surface area contributed by atoms with Crippen LogP contribution in [0.3, 0.4) is 0 Å². The summed E-state index contributed by atoms with van der Waals surface area (Å²) < 4.78 is 5.71. The zero-order valence-electron chi connectivity index (χ0n) is 12.7. The normalized spacial score (nSPS) is 21.8. The van der Waals surface area contributed by atoms with Gasteiger partial charge < -0.3 is 19.9 Å². The molecule has 5 nitrogen and oxygen atoms in total. The van der Waals surface area contributed by atoms with E-state index in [1.165, 1.54) is 5.56 Å². The average molecular weight is 289 g/mol. The maximum Gasteiger partial charge on any atom is 0.319 e. The van der Waals surface area contributed by atoms with Gasteiger partial charge >= 0.3 is 6.03 Å². The molecule has 0 aromatic heterocycles. The molecular formula is C16H23N3O2. The van der Waals surface area contributed by atoms with E-state index in [0.717, 1.165) is 31.7 Å². The fourth-order valence-corrected chi connectivity index (χ4v) is 3.11. The van der Waals surface area contributed by atoms with Gasteiger partial charge in [0.2, 0.25) is 0 Å². The highest BCUT2D eigenvalue weighted by atomic mass is 16.5. The average Bonchev–Trinajstić information content (AvgIpc) is 2.91. The van der Waals surface area contributed by atoms with Crippen molar-refractivity contribution in [2.75, 3.05) is 33.8 Å². The highest BCUT2D eigenvalue weighted by Gasteiger charge is 2.29. The van der Waals surface area contributed by atoms with Crippen LogP contribution in [0.4, 0.5) is 4.79 Å². The Balaban J connectivity index is 1.54. The summed E-state index contributed by atoms with van der Waals surface area (Å²) in [5.41, 5.74) is 1.25. The van der Waals surface area contributed by atoms with E-state index in [9.17, 15) is 4.79 Å². The van der Waals surface area contributed by atoms with Crippen molar-refractivity contribution in [2.24, 2.45) is 0 Å². The zero-order chi connectivity index (χ0) is 14.8. The van der Waals surface area contributed by atoms with Gasteiger partial charge in [0.1, 0.15) is 12.4 Å². The molecule has 5 heteroatoms. The molecule has 2 aliphatic heterocycles. The van der Waals surface area contributed by atoms with Crippen molar-refractivity contribution in [3.8, 4) is 5.75 Å². The Morgan fingerprint density at radius 3 is 2.71 bits per heavy atom. The molecule has 1 N–H and O–H groups in total. The summed E-state index contributed by atoms with van der Waals surface area (Å²) in [5.74, 6) is 0.996. The number of rotatable bonds is 2. The van der Waals surface area contributed by atoms with Crippen LogP contribution in [-0.4, -0.2) is 55.7 Å². The second-order valence-corrected chi connectivity index (χ2v) is 6.01. The Kier molecular flexibility index (Phi) is 4.01. The number of nitrogens with zero attached hydrogens (tertiary/aromatic N) is 2. The standard InChI is InChI=1S/C16H23N3O2/c1-18(2)16(20)19-9-7-12(8-10-19)17-14-11-21-15-6-4-3-5-13(14)15/h3-6,12,14,17H,7-11H2,1-2H3. The van der Waals surface area contributed by atoms with Crippen LogP contribution in [-0.2, 0) is 0 Å². The molecule has 1 saturated heterocycles. The minimum atomic E-state index is 0.114. The lowest BCUT2D eigenvalue weighted by atomic mass is 10.0. The number of ether oxygens (including phenoxy) is 1. The van der Waals surface area contributed by atoms with Gasteiger partial charge in [-0.05, 0) is 18.9 Å². The minimum Gasteiger partial charge on any atom is -0.491 e. The number of piperidine rings is 1. The van der Waals surface area contributed by atoms with Crippen LogP contribution in [0.5, 0.6) is 5.75 Å². The predicted octanol–water partition coefficient (Wildman–Crippen LogP) is 1.86. The van der Waals surface area contributed by atoms with E-state index in [1.54, 1.807) is 19.0 Å². The molecular weight excluding hydrogens is 266 g/mol. The molecule has 21 heavy (non-hydrogen) atoms. The summed E-state index contributed by atoms with van der Waals surface area (Å²) >= 11 is 0. The Hall–Kier alpha value is -1.75. The van der Waals surface area contributed by atoms with Gasteiger partial charge in [0.25, 0.3) is 0 Å². The molecule has 0 aliphatic carbocycles. The Bertz CT molecular complexity index is 510. The van der Waals surface area contributed by atoms with Crippen LogP contribution >= 0.6 is 0 Å². The first-order valence-corrected chi connectivity index (χ1v) is 7.59. The summed E-state index contributed by atoms with van der Waals surface area (Å²) in [6.07, 6.45) is 2.00. The second kappa shape index (κ2) is 5.93. The van der Waals surface area contributed by atoms with Gasteiger partial charge in [0.05, 0.1) is 6.04 Å². The van der Waals surface area contributed by atoms with Crippen LogP contribution < -0.4 is 10.1 Å². The Morgan fingerprint density at radius 2 is 2.00 bits per heavy atom. The molecule has 1 fully saturated rings. The van der Waals surface area contributed by atoms with Gasteiger partial charge in [0, 0.05) is 38.8 Å². The van der Waals surface area contributed by atoms with Crippen LogP contribution in [0.15, 0.2) is 24.3 Å². The van der Waals surface area contributed by atoms with Gasteiger partial charge in [-0.3, -0.25) is 0 Å². The number of hydrogen-bond acceptors (Lipinski definition) is 3. The van der Waals surface area contributed by atoms with Gasteiger partial charge in [-0.15, -0.1) is 0 Å². The highest BCUT2D eigenvalue weighted by molar-refractivity contribution is 5.73. The minimum absolute atomic E-state index is 0.114. The molecule has 0 spiro atoms. The summed E-state index contributed by atoms with van der Waals surface area (Å²) in [5, 5.41) is 3.69. The van der Waals surface area contributed by atoms with E-state index in [-0.39, 0.29) is 12.1 Å². The fourth-order valence-electron chi connectivity index (χ4n) is 3.11. The number of nitrogens with one attached hydrogen (secondary N) is 1. The van der Waals surface area contributed by atoms with Gasteiger partial charge in [-0.2, -0.15) is 0 Å². The lowest BCUT2D eigenvalue weighted by Crippen LogP contribution is -2.48. The smallest absolute Gasteiger partial charge is 0.319 e. The van der Waals surface area contributed by atoms with Crippen molar-refractivity contribution in [3.05, 3.63) is 29.8 Å². The number of hydrogen-bond donors (Lipinski definition) is 1. The third-order valence-electron chi connectivity index (χ3n) is 4.28. The number of carbonyl (C=O) groups is 1. The molecule has 2 amide bonds. The summed E-state index contributed by atoms with van der Waals surface area (Å²) in [6, 6.07) is 9.06. The van der Waals surface area contributed by atoms with Gasteiger partial charge in [0.15, 0.2) is 0 Å². The van der Waals surface area contributed by atoms with E-state index < -0.39 is 0 Å². The van der Waals surface area contributed by atoms with Crippen molar-refractivity contribution in [3.63, 3.8) is 0 Å². The van der Waals surface area contributed by atoms with Gasteiger partial charge in [-0.25, -0.2) is 4.79 Å². The third kappa shape index (κ3) is 2.97. The lowest BCUT2D eigenvalue weighted by Gasteiger charge is -2.35. The number of fused-ring (bicyclic) bond motifs is 1. The molecule has 1 aromatic carbocycles. The monoisotopic (exact) mass is 289 g/mol. The number of urea groups is 1. The van der Waals surface area contributed by atoms with Crippen LogP contribution in [0.2, 0.25) is 0 Å². The van der Waals surface area contributed by atoms with Crippen LogP contribution in [0.1, 0.15) is 24.4 Å².